The van der Waals surface area contributed by atoms with Crippen molar-refractivity contribution in [2.45, 2.75) is 0 Å². The number of fused-ring (bicyclic) bond motifs is 1. The van der Waals surface area contributed by atoms with Gasteiger partial charge in [0, 0.05) is 5.56 Å². The zero-order valence-electron chi connectivity index (χ0n) is 10.1. The van der Waals surface area contributed by atoms with Crippen molar-refractivity contribution in [3.8, 4) is 22.1 Å². The summed E-state index contributed by atoms with van der Waals surface area (Å²) in [6.07, 6.45) is 0. The Bertz CT molecular complexity index is 754. The molecular weight excluding hydrogens is 282 g/mol. The molecule has 3 nitrogen and oxygen atoms in total. The highest BCUT2D eigenvalue weighted by Gasteiger charge is 2.10. The Balaban J connectivity index is 2.14. The highest BCUT2D eigenvalue weighted by Crippen LogP contribution is 2.37. The van der Waals surface area contributed by atoms with Crippen molar-refractivity contribution < 1.29 is 9.84 Å². The Labute approximate surface area is 119 Å². The SMILES string of the molecule is COc1ccc(-c2nc3cccc(Cl)c3s2)cc1O. The predicted octanol–water partition coefficient (Wildman–Crippen LogP) is 4.33. The molecular formula is C14H10ClNO2S. The molecule has 0 aliphatic rings. The van der Waals surface area contributed by atoms with Crippen LogP contribution in [-0.2, 0) is 0 Å². The third-order valence-electron chi connectivity index (χ3n) is 2.79. The van der Waals surface area contributed by atoms with Crippen molar-refractivity contribution in [3.63, 3.8) is 0 Å². The lowest BCUT2D eigenvalue weighted by Gasteiger charge is -2.03. The van der Waals surface area contributed by atoms with Crippen LogP contribution in [0.5, 0.6) is 11.5 Å². The second kappa shape index (κ2) is 4.72. The van der Waals surface area contributed by atoms with Gasteiger partial charge in [0.1, 0.15) is 5.01 Å². The normalized spacial score (nSPS) is 10.8. The number of phenols is 1. The van der Waals surface area contributed by atoms with E-state index in [0.717, 1.165) is 20.8 Å². The number of rotatable bonds is 2. The van der Waals surface area contributed by atoms with Crippen molar-refractivity contribution >= 4 is 33.2 Å². The van der Waals surface area contributed by atoms with E-state index in [1.807, 2.05) is 24.3 Å². The Hall–Kier alpha value is -1.78. The molecule has 0 bridgehead atoms. The van der Waals surface area contributed by atoms with Crippen molar-refractivity contribution in [2.75, 3.05) is 7.11 Å². The lowest BCUT2D eigenvalue weighted by Crippen LogP contribution is -1.84. The van der Waals surface area contributed by atoms with Gasteiger partial charge in [-0.3, -0.25) is 0 Å². The molecule has 3 rings (SSSR count). The van der Waals surface area contributed by atoms with E-state index in [9.17, 15) is 5.11 Å². The molecule has 0 amide bonds. The van der Waals surface area contributed by atoms with E-state index in [1.54, 1.807) is 12.1 Å². The van der Waals surface area contributed by atoms with Gasteiger partial charge >= 0.3 is 0 Å². The fourth-order valence-corrected chi connectivity index (χ4v) is 3.11. The fraction of sp³-hybridized carbons (Fsp3) is 0.0714. The Morgan fingerprint density at radius 3 is 2.79 bits per heavy atom. The Kier molecular flexibility index (Phi) is 3.05. The number of benzene rings is 2. The molecule has 0 spiro atoms. The molecule has 1 heterocycles. The number of hydrogen-bond acceptors (Lipinski definition) is 4. The van der Waals surface area contributed by atoms with E-state index in [4.69, 9.17) is 16.3 Å². The molecule has 0 aliphatic carbocycles. The van der Waals surface area contributed by atoms with Gasteiger partial charge < -0.3 is 9.84 Å². The van der Waals surface area contributed by atoms with Gasteiger partial charge in [-0.05, 0) is 30.3 Å². The van der Waals surface area contributed by atoms with Crippen LogP contribution in [-0.4, -0.2) is 17.2 Å². The van der Waals surface area contributed by atoms with Crippen LogP contribution in [0.3, 0.4) is 0 Å². The Morgan fingerprint density at radius 1 is 1.26 bits per heavy atom. The van der Waals surface area contributed by atoms with Crippen LogP contribution in [0.25, 0.3) is 20.8 Å². The molecule has 5 heteroatoms. The second-order valence-electron chi connectivity index (χ2n) is 3.99. The number of phenolic OH excluding ortho intramolecular Hbond substituents is 1. The summed E-state index contributed by atoms with van der Waals surface area (Å²) in [5.74, 6) is 0.549. The zero-order valence-corrected chi connectivity index (χ0v) is 11.6. The van der Waals surface area contributed by atoms with Gasteiger partial charge in [-0.1, -0.05) is 17.7 Å². The van der Waals surface area contributed by atoms with Crippen LogP contribution in [0.4, 0.5) is 0 Å². The monoisotopic (exact) mass is 291 g/mol. The van der Waals surface area contributed by atoms with Gasteiger partial charge in [0.05, 0.1) is 22.3 Å². The molecule has 0 unspecified atom stereocenters. The predicted molar refractivity (Wildman–Crippen MR) is 78.3 cm³/mol. The summed E-state index contributed by atoms with van der Waals surface area (Å²) >= 11 is 7.64. The summed E-state index contributed by atoms with van der Waals surface area (Å²) < 4.78 is 5.98. The first-order valence-corrected chi connectivity index (χ1v) is 6.81. The maximum absolute atomic E-state index is 9.81. The van der Waals surface area contributed by atoms with Gasteiger partial charge in [0.15, 0.2) is 11.5 Å². The summed E-state index contributed by atoms with van der Waals surface area (Å²) in [5.41, 5.74) is 1.71. The van der Waals surface area contributed by atoms with Crippen molar-refractivity contribution in [1.82, 2.24) is 4.98 Å². The topological polar surface area (TPSA) is 42.4 Å². The number of aromatic nitrogens is 1. The molecule has 2 aromatic carbocycles. The van der Waals surface area contributed by atoms with Crippen LogP contribution in [0, 0.1) is 0 Å². The highest BCUT2D eigenvalue weighted by molar-refractivity contribution is 7.22. The van der Waals surface area contributed by atoms with E-state index >= 15 is 0 Å². The largest absolute Gasteiger partial charge is 0.504 e. The zero-order chi connectivity index (χ0) is 13.4. The quantitative estimate of drug-likeness (QED) is 0.764. The van der Waals surface area contributed by atoms with E-state index in [2.05, 4.69) is 4.98 Å². The maximum atomic E-state index is 9.81. The number of hydrogen-bond donors (Lipinski definition) is 1. The van der Waals surface area contributed by atoms with Gasteiger partial charge in [0.25, 0.3) is 0 Å². The number of aromatic hydroxyl groups is 1. The van der Waals surface area contributed by atoms with Crippen molar-refractivity contribution in [1.29, 1.82) is 0 Å². The molecule has 96 valence electrons. The lowest BCUT2D eigenvalue weighted by atomic mass is 10.2. The summed E-state index contributed by atoms with van der Waals surface area (Å²) in [6.45, 7) is 0. The minimum absolute atomic E-state index is 0.102. The van der Waals surface area contributed by atoms with E-state index in [0.29, 0.717) is 10.8 Å². The number of thiazole rings is 1. The van der Waals surface area contributed by atoms with Gasteiger partial charge in [-0.15, -0.1) is 11.3 Å². The first-order valence-electron chi connectivity index (χ1n) is 5.61. The minimum atomic E-state index is 0.102. The summed E-state index contributed by atoms with van der Waals surface area (Å²) in [5, 5.41) is 11.3. The lowest BCUT2D eigenvalue weighted by molar-refractivity contribution is 0.373. The molecule has 0 aliphatic heterocycles. The summed E-state index contributed by atoms with van der Waals surface area (Å²) in [7, 11) is 1.52. The van der Waals surface area contributed by atoms with E-state index in [1.165, 1.54) is 18.4 Å². The molecule has 0 atom stereocenters. The average Bonchev–Trinajstić information content (AvgIpc) is 2.84. The van der Waals surface area contributed by atoms with Crippen LogP contribution >= 0.6 is 22.9 Å². The third-order valence-corrected chi connectivity index (χ3v) is 4.37. The van der Waals surface area contributed by atoms with Crippen LogP contribution < -0.4 is 4.74 Å². The molecule has 0 fully saturated rings. The minimum Gasteiger partial charge on any atom is -0.504 e. The third kappa shape index (κ3) is 2.13. The summed E-state index contributed by atoms with van der Waals surface area (Å²) in [4.78, 5) is 4.52. The Morgan fingerprint density at radius 2 is 2.11 bits per heavy atom. The molecule has 0 saturated carbocycles. The molecule has 19 heavy (non-hydrogen) atoms. The molecule has 3 aromatic rings. The standard InChI is InChI=1S/C14H10ClNO2S/c1-18-12-6-5-8(7-11(12)17)14-16-10-4-2-3-9(15)13(10)19-14/h2-7,17H,1H3. The second-order valence-corrected chi connectivity index (χ2v) is 5.40. The molecule has 0 radical (unpaired) electrons. The maximum Gasteiger partial charge on any atom is 0.160 e. The average molecular weight is 292 g/mol. The first kappa shape index (κ1) is 12.3. The van der Waals surface area contributed by atoms with E-state index in [-0.39, 0.29) is 5.75 Å². The molecule has 0 saturated heterocycles. The van der Waals surface area contributed by atoms with Crippen molar-refractivity contribution in [3.05, 3.63) is 41.4 Å². The summed E-state index contributed by atoms with van der Waals surface area (Å²) in [6, 6.07) is 10.9. The number of nitrogens with zero attached hydrogens (tertiary/aromatic N) is 1. The van der Waals surface area contributed by atoms with Crippen LogP contribution in [0.2, 0.25) is 5.02 Å². The van der Waals surface area contributed by atoms with Gasteiger partial charge in [-0.2, -0.15) is 0 Å². The van der Waals surface area contributed by atoms with Crippen molar-refractivity contribution in [2.24, 2.45) is 0 Å². The molecule has 1 N–H and O–H groups in total. The van der Waals surface area contributed by atoms with Gasteiger partial charge in [0.2, 0.25) is 0 Å². The highest BCUT2D eigenvalue weighted by atomic mass is 35.5. The molecule has 1 aromatic heterocycles. The first-order chi connectivity index (χ1) is 9.19. The smallest absolute Gasteiger partial charge is 0.160 e. The van der Waals surface area contributed by atoms with Crippen LogP contribution in [0.1, 0.15) is 0 Å². The number of methoxy groups -OCH3 is 1. The van der Waals surface area contributed by atoms with Gasteiger partial charge in [-0.25, -0.2) is 4.98 Å². The number of halogens is 1. The van der Waals surface area contributed by atoms with Crippen LogP contribution in [0.15, 0.2) is 36.4 Å². The number of ether oxygens (including phenoxy) is 1. The fourth-order valence-electron chi connectivity index (χ4n) is 1.86. The van der Waals surface area contributed by atoms with E-state index < -0.39 is 0 Å².